The molecule has 2 aromatic rings. The fraction of sp³-hybridized carbons (Fsp3) is 0.385. The molecule has 6 heteroatoms. The Morgan fingerprint density at radius 3 is 2.89 bits per heavy atom. The van der Waals surface area contributed by atoms with Gasteiger partial charge in [0.25, 0.3) is 0 Å². The molecule has 0 saturated heterocycles. The maximum atomic E-state index is 9.75. The van der Waals surface area contributed by atoms with Gasteiger partial charge in [-0.3, -0.25) is 4.68 Å². The Morgan fingerprint density at radius 2 is 2.21 bits per heavy atom. The van der Waals surface area contributed by atoms with E-state index in [9.17, 15) is 10.2 Å². The number of benzene rings is 1. The number of nitrogens with zero attached hydrogens (tertiary/aromatic N) is 3. The van der Waals surface area contributed by atoms with Crippen LogP contribution in [0.1, 0.15) is 24.9 Å². The van der Waals surface area contributed by atoms with Crippen molar-refractivity contribution in [2.45, 2.75) is 25.9 Å². The van der Waals surface area contributed by atoms with Crippen molar-refractivity contribution in [3.8, 4) is 11.5 Å². The molecule has 1 aromatic carbocycles. The number of nitrogens with one attached hydrogen (secondary N) is 1. The molecule has 0 aliphatic rings. The van der Waals surface area contributed by atoms with Crippen LogP contribution in [0.25, 0.3) is 0 Å². The highest BCUT2D eigenvalue weighted by Crippen LogP contribution is 2.27. The first-order valence-corrected chi connectivity index (χ1v) is 6.26. The number of aromatic hydroxyl groups is 2. The second-order valence-electron chi connectivity index (χ2n) is 4.44. The number of aryl methyl sites for hydroxylation is 1. The minimum atomic E-state index is 0.0244. The zero-order valence-electron chi connectivity index (χ0n) is 10.8. The molecular formula is C13H18N4O2. The van der Waals surface area contributed by atoms with Gasteiger partial charge in [-0.1, -0.05) is 11.3 Å². The van der Waals surface area contributed by atoms with Gasteiger partial charge in [-0.25, -0.2) is 0 Å². The number of rotatable bonds is 6. The topological polar surface area (TPSA) is 83.2 Å². The van der Waals surface area contributed by atoms with E-state index in [2.05, 4.69) is 15.6 Å². The van der Waals surface area contributed by atoms with Crippen molar-refractivity contribution in [1.82, 2.24) is 20.3 Å². The maximum absolute atomic E-state index is 9.75. The van der Waals surface area contributed by atoms with Crippen LogP contribution in [0.2, 0.25) is 0 Å². The zero-order chi connectivity index (χ0) is 13.7. The van der Waals surface area contributed by atoms with Crippen molar-refractivity contribution in [3.63, 3.8) is 0 Å². The lowest BCUT2D eigenvalue weighted by Crippen LogP contribution is -2.21. The van der Waals surface area contributed by atoms with Gasteiger partial charge in [-0.2, -0.15) is 0 Å². The molecule has 0 radical (unpaired) electrons. The predicted molar refractivity (Wildman–Crippen MR) is 70.8 cm³/mol. The molecule has 0 aliphatic carbocycles. The standard InChI is InChI=1S/C13H18N4O2/c1-10(12-4-3-11(18)9-13(12)19)14-5-2-7-17-8-6-15-16-17/h3-4,6,8-10,14,18-19H,2,5,7H2,1H3. The van der Waals surface area contributed by atoms with Crippen LogP contribution in [0, 0.1) is 0 Å². The third-order valence-electron chi connectivity index (χ3n) is 2.97. The van der Waals surface area contributed by atoms with Gasteiger partial charge in [0.1, 0.15) is 11.5 Å². The number of hydrogen-bond acceptors (Lipinski definition) is 5. The molecule has 6 nitrogen and oxygen atoms in total. The van der Waals surface area contributed by atoms with Gasteiger partial charge in [0.15, 0.2) is 0 Å². The molecule has 0 fully saturated rings. The summed E-state index contributed by atoms with van der Waals surface area (Å²) in [5.74, 6) is 0.177. The number of aromatic nitrogens is 3. The number of hydrogen-bond donors (Lipinski definition) is 3. The van der Waals surface area contributed by atoms with Crippen LogP contribution in [0.4, 0.5) is 0 Å². The van der Waals surface area contributed by atoms with Crippen LogP contribution < -0.4 is 5.32 Å². The highest BCUT2D eigenvalue weighted by molar-refractivity contribution is 5.40. The van der Waals surface area contributed by atoms with E-state index < -0.39 is 0 Å². The molecule has 1 heterocycles. The Hall–Kier alpha value is -2.08. The molecule has 1 unspecified atom stereocenters. The predicted octanol–water partition coefficient (Wildman–Crippen LogP) is 1.43. The minimum absolute atomic E-state index is 0.0244. The largest absolute Gasteiger partial charge is 0.508 e. The molecule has 0 bridgehead atoms. The first-order chi connectivity index (χ1) is 9.16. The van der Waals surface area contributed by atoms with Gasteiger partial charge in [0.2, 0.25) is 0 Å². The molecule has 0 aliphatic heterocycles. The summed E-state index contributed by atoms with van der Waals surface area (Å²) in [5.41, 5.74) is 0.776. The maximum Gasteiger partial charge on any atom is 0.124 e. The SMILES string of the molecule is CC(NCCCn1ccnn1)c1ccc(O)cc1O. The first-order valence-electron chi connectivity index (χ1n) is 6.26. The summed E-state index contributed by atoms with van der Waals surface area (Å²) in [5, 5.41) is 29.9. The normalized spacial score (nSPS) is 12.5. The zero-order valence-corrected chi connectivity index (χ0v) is 10.8. The second kappa shape index (κ2) is 6.19. The molecule has 1 atom stereocenters. The summed E-state index contributed by atoms with van der Waals surface area (Å²) in [6, 6.07) is 4.67. The molecule has 102 valence electrons. The third-order valence-corrected chi connectivity index (χ3v) is 2.97. The van der Waals surface area contributed by atoms with E-state index in [1.54, 1.807) is 23.0 Å². The quantitative estimate of drug-likeness (QED) is 0.686. The Morgan fingerprint density at radius 1 is 1.37 bits per heavy atom. The van der Waals surface area contributed by atoms with Crippen molar-refractivity contribution in [1.29, 1.82) is 0 Å². The van der Waals surface area contributed by atoms with Crippen LogP contribution in [0.5, 0.6) is 11.5 Å². The minimum Gasteiger partial charge on any atom is -0.508 e. The Balaban J connectivity index is 1.79. The number of phenols is 2. The Kier molecular flexibility index (Phi) is 4.35. The second-order valence-corrected chi connectivity index (χ2v) is 4.44. The van der Waals surface area contributed by atoms with E-state index in [1.165, 1.54) is 6.07 Å². The van der Waals surface area contributed by atoms with Gasteiger partial charge >= 0.3 is 0 Å². The van der Waals surface area contributed by atoms with Gasteiger partial charge in [-0.15, -0.1) is 5.10 Å². The van der Waals surface area contributed by atoms with E-state index in [4.69, 9.17) is 0 Å². The van der Waals surface area contributed by atoms with E-state index >= 15 is 0 Å². The summed E-state index contributed by atoms with van der Waals surface area (Å²) >= 11 is 0. The molecule has 2 rings (SSSR count). The van der Waals surface area contributed by atoms with Crippen LogP contribution in [-0.4, -0.2) is 31.8 Å². The lowest BCUT2D eigenvalue weighted by atomic mass is 10.1. The third kappa shape index (κ3) is 3.69. The van der Waals surface area contributed by atoms with Crippen LogP contribution >= 0.6 is 0 Å². The Labute approximate surface area is 111 Å². The van der Waals surface area contributed by atoms with E-state index in [-0.39, 0.29) is 17.5 Å². The van der Waals surface area contributed by atoms with Crippen molar-refractivity contribution >= 4 is 0 Å². The summed E-state index contributed by atoms with van der Waals surface area (Å²) in [6.45, 7) is 3.59. The molecule has 1 aromatic heterocycles. The Bertz CT molecular complexity index is 513. The van der Waals surface area contributed by atoms with E-state index in [0.717, 1.165) is 25.1 Å². The average Bonchev–Trinajstić information content (AvgIpc) is 2.87. The first kappa shape index (κ1) is 13.4. The smallest absolute Gasteiger partial charge is 0.124 e. The molecular weight excluding hydrogens is 244 g/mol. The fourth-order valence-corrected chi connectivity index (χ4v) is 1.92. The van der Waals surface area contributed by atoms with Gasteiger partial charge in [0, 0.05) is 30.4 Å². The molecule has 0 spiro atoms. The number of phenolic OH excluding ortho intramolecular Hbond substituents is 2. The highest BCUT2D eigenvalue weighted by Gasteiger charge is 2.09. The van der Waals surface area contributed by atoms with Gasteiger partial charge < -0.3 is 15.5 Å². The summed E-state index contributed by atoms with van der Waals surface area (Å²) in [7, 11) is 0. The molecule has 0 saturated carbocycles. The highest BCUT2D eigenvalue weighted by atomic mass is 16.3. The van der Waals surface area contributed by atoms with Gasteiger partial charge in [0.05, 0.1) is 6.20 Å². The van der Waals surface area contributed by atoms with Gasteiger partial charge in [-0.05, 0) is 26.0 Å². The van der Waals surface area contributed by atoms with E-state index in [0.29, 0.717) is 0 Å². The van der Waals surface area contributed by atoms with Crippen LogP contribution in [0.15, 0.2) is 30.6 Å². The van der Waals surface area contributed by atoms with Crippen LogP contribution in [0.3, 0.4) is 0 Å². The van der Waals surface area contributed by atoms with Crippen LogP contribution in [-0.2, 0) is 6.54 Å². The lowest BCUT2D eigenvalue weighted by Gasteiger charge is -2.15. The summed E-state index contributed by atoms with van der Waals surface area (Å²) < 4.78 is 1.78. The monoisotopic (exact) mass is 262 g/mol. The fourth-order valence-electron chi connectivity index (χ4n) is 1.92. The molecule has 3 N–H and O–H groups in total. The summed E-state index contributed by atoms with van der Waals surface area (Å²) in [4.78, 5) is 0. The average molecular weight is 262 g/mol. The van der Waals surface area contributed by atoms with Crippen molar-refractivity contribution in [2.24, 2.45) is 0 Å². The van der Waals surface area contributed by atoms with Crippen molar-refractivity contribution < 1.29 is 10.2 Å². The van der Waals surface area contributed by atoms with E-state index in [1.807, 2.05) is 13.1 Å². The molecule has 19 heavy (non-hydrogen) atoms. The van der Waals surface area contributed by atoms with Crippen molar-refractivity contribution in [2.75, 3.05) is 6.54 Å². The molecule has 0 amide bonds. The van der Waals surface area contributed by atoms with Crippen molar-refractivity contribution in [3.05, 3.63) is 36.2 Å². The lowest BCUT2D eigenvalue weighted by molar-refractivity contribution is 0.433. The summed E-state index contributed by atoms with van der Waals surface area (Å²) in [6.07, 6.45) is 4.41.